The van der Waals surface area contributed by atoms with Crippen molar-refractivity contribution < 1.29 is 4.79 Å². The van der Waals surface area contributed by atoms with E-state index in [-0.39, 0.29) is 5.41 Å². The highest BCUT2D eigenvalue weighted by molar-refractivity contribution is 5.83. The van der Waals surface area contributed by atoms with Gasteiger partial charge in [-0.05, 0) is 64.7 Å². The zero-order chi connectivity index (χ0) is 13.6. The molecule has 0 aromatic heterocycles. The first-order chi connectivity index (χ1) is 9.70. The molecule has 4 bridgehead atoms. The summed E-state index contributed by atoms with van der Waals surface area (Å²) in [6.45, 7) is 8.00. The molecule has 4 nitrogen and oxygen atoms in total. The molecule has 4 fully saturated rings. The summed E-state index contributed by atoms with van der Waals surface area (Å²) in [6, 6.07) is 0. The number of rotatable bonds is 3. The molecule has 0 aromatic carbocycles. The molecule has 0 aliphatic carbocycles. The van der Waals surface area contributed by atoms with Crippen LogP contribution in [0.2, 0.25) is 0 Å². The van der Waals surface area contributed by atoms with Crippen LogP contribution in [0.25, 0.3) is 0 Å². The van der Waals surface area contributed by atoms with E-state index in [1.807, 2.05) is 0 Å². The summed E-state index contributed by atoms with van der Waals surface area (Å²) in [4.78, 5) is 17.8. The lowest BCUT2D eigenvalue weighted by molar-refractivity contribution is -0.132. The second-order valence-electron chi connectivity index (χ2n) is 7.72. The van der Waals surface area contributed by atoms with Crippen molar-refractivity contribution in [3.63, 3.8) is 0 Å². The largest absolute Gasteiger partial charge is 0.355 e. The number of carbonyl (C=O) groups is 1. The molecule has 1 N–H and O–H groups in total. The van der Waals surface area contributed by atoms with Crippen LogP contribution in [0.5, 0.6) is 0 Å². The van der Waals surface area contributed by atoms with Crippen molar-refractivity contribution >= 4 is 5.91 Å². The summed E-state index contributed by atoms with van der Waals surface area (Å²) in [5.41, 5.74) is 0.360. The summed E-state index contributed by atoms with van der Waals surface area (Å²) < 4.78 is 0. The van der Waals surface area contributed by atoms with Crippen LogP contribution in [0.3, 0.4) is 0 Å². The molecule has 4 heterocycles. The maximum absolute atomic E-state index is 12.7. The van der Waals surface area contributed by atoms with Crippen LogP contribution in [-0.2, 0) is 4.79 Å². The first-order valence-electron chi connectivity index (χ1n) is 8.43. The van der Waals surface area contributed by atoms with Crippen LogP contribution < -0.4 is 5.32 Å². The highest BCUT2D eigenvalue weighted by atomic mass is 16.2. The fourth-order valence-corrected chi connectivity index (χ4v) is 5.08. The lowest BCUT2D eigenvalue weighted by atomic mass is 9.78. The molecule has 4 atom stereocenters. The number of piperidine rings is 2. The van der Waals surface area contributed by atoms with Gasteiger partial charge in [0, 0.05) is 25.0 Å². The Morgan fingerprint density at radius 1 is 0.900 bits per heavy atom. The summed E-state index contributed by atoms with van der Waals surface area (Å²) in [5, 5.41) is 3.37. The van der Waals surface area contributed by atoms with E-state index in [1.165, 1.54) is 51.9 Å². The third-order valence-corrected chi connectivity index (χ3v) is 6.37. The van der Waals surface area contributed by atoms with Gasteiger partial charge < -0.3 is 15.1 Å². The summed E-state index contributed by atoms with van der Waals surface area (Å²) in [7, 11) is 0. The highest BCUT2D eigenvalue weighted by Gasteiger charge is 2.47. The Kier molecular flexibility index (Phi) is 3.08. The van der Waals surface area contributed by atoms with Crippen molar-refractivity contribution in [2.75, 3.05) is 45.8 Å². The minimum atomic E-state index is -0.0398. The van der Waals surface area contributed by atoms with E-state index >= 15 is 0 Å². The Morgan fingerprint density at radius 3 is 2.55 bits per heavy atom. The van der Waals surface area contributed by atoms with Crippen LogP contribution in [0.1, 0.15) is 38.5 Å². The second-order valence-corrected chi connectivity index (χ2v) is 7.72. The molecule has 4 aliphatic heterocycles. The number of amides is 1. The van der Waals surface area contributed by atoms with Crippen molar-refractivity contribution in [2.24, 2.45) is 10.8 Å². The monoisotopic (exact) mass is 277 g/mol. The molecule has 20 heavy (non-hydrogen) atoms. The van der Waals surface area contributed by atoms with Crippen LogP contribution in [-0.4, -0.2) is 61.5 Å². The smallest absolute Gasteiger partial charge is 0.227 e. The van der Waals surface area contributed by atoms with E-state index in [4.69, 9.17) is 0 Å². The highest BCUT2D eigenvalue weighted by Crippen LogP contribution is 2.41. The van der Waals surface area contributed by atoms with E-state index in [1.54, 1.807) is 0 Å². The molecule has 1 amide bonds. The fraction of sp³-hybridized carbons (Fsp3) is 0.938. The van der Waals surface area contributed by atoms with E-state index in [0.29, 0.717) is 11.3 Å². The molecule has 4 aliphatic rings. The molecule has 0 aromatic rings. The number of fused-ring (bicyclic) bond motifs is 4. The van der Waals surface area contributed by atoms with Gasteiger partial charge in [-0.15, -0.1) is 0 Å². The minimum absolute atomic E-state index is 0.0398. The van der Waals surface area contributed by atoms with Gasteiger partial charge in [0.1, 0.15) is 0 Å². The predicted molar refractivity (Wildman–Crippen MR) is 78.5 cm³/mol. The van der Waals surface area contributed by atoms with Gasteiger partial charge >= 0.3 is 0 Å². The zero-order valence-electron chi connectivity index (χ0n) is 12.5. The number of carbonyl (C=O) groups excluding carboxylic acids is 1. The first kappa shape index (κ1) is 13.1. The molecule has 112 valence electrons. The van der Waals surface area contributed by atoms with Crippen LogP contribution in [0.4, 0.5) is 0 Å². The predicted octanol–water partition coefficient (Wildman–Crippen LogP) is 1.07. The van der Waals surface area contributed by atoms with E-state index < -0.39 is 0 Å². The molecule has 4 unspecified atom stereocenters. The van der Waals surface area contributed by atoms with Crippen LogP contribution in [0, 0.1) is 10.8 Å². The number of nitrogens with zero attached hydrogens (tertiary/aromatic N) is 2. The van der Waals surface area contributed by atoms with Gasteiger partial charge in [0.05, 0.1) is 5.41 Å². The number of hydrogen-bond donors (Lipinski definition) is 1. The fourth-order valence-electron chi connectivity index (χ4n) is 5.08. The third kappa shape index (κ3) is 2.08. The van der Waals surface area contributed by atoms with Gasteiger partial charge in [-0.1, -0.05) is 0 Å². The van der Waals surface area contributed by atoms with Crippen molar-refractivity contribution in [2.45, 2.75) is 38.5 Å². The minimum Gasteiger partial charge on any atom is -0.355 e. The van der Waals surface area contributed by atoms with Crippen molar-refractivity contribution in [3.8, 4) is 0 Å². The second kappa shape index (κ2) is 4.70. The summed E-state index contributed by atoms with van der Waals surface area (Å²) >= 11 is 0. The van der Waals surface area contributed by atoms with Gasteiger partial charge in [0.15, 0.2) is 0 Å². The van der Waals surface area contributed by atoms with Crippen molar-refractivity contribution in [1.29, 1.82) is 0 Å². The lowest BCUT2D eigenvalue weighted by Crippen LogP contribution is -2.49. The Bertz CT molecular complexity index is 405. The lowest BCUT2D eigenvalue weighted by Gasteiger charge is -2.37. The number of hydrogen-bond acceptors (Lipinski definition) is 3. The average Bonchev–Trinajstić information content (AvgIpc) is 2.94. The standard InChI is InChI=1S/C16H27N3O/c20-14(16-4-2-8-19(13-16)10-6-16)17-11-15-3-1-7-18(12-15)9-5-15/h1-13H2,(H,17,20). The molecule has 4 heteroatoms. The van der Waals surface area contributed by atoms with Crippen molar-refractivity contribution in [1.82, 2.24) is 15.1 Å². The van der Waals surface area contributed by atoms with Gasteiger partial charge in [-0.3, -0.25) is 4.79 Å². The Hall–Kier alpha value is -0.610. The maximum atomic E-state index is 12.7. The summed E-state index contributed by atoms with van der Waals surface area (Å²) in [6.07, 6.45) is 7.29. The van der Waals surface area contributed by atoms with E-state index in [9.17, 15) is 4.79 Å². The molecule has 0 spiro atoms. The van der Waals surface area contributed by atoms with Crippen LogP contribution >= 0.6 is 0 Å². The molecule has 4 rings (SSSR count). The molecule has 4 saturated heterocycles. The Morgan fingerprint density at radius 2 is 1.65 bits per heavy atom. The molecule has 0 radical (unpaired) electrons. The van der Waals surface area contributed by atoms with Gasteiger partial charge in [-0.2, -0.15) is 0 Å². The van der Waals surface area contributed by atoms with Gasteiger partial charge in [0.2, 0.25) is 5.91 Å². The van der Waals surface area contributed by atoms with Gasteiger partial charge in [0.25, 0.3) is 0 Å². The SMILES string of the molecule is O=C(NCC12CCCN(CC1)C2)C12CCCN(CC1)C2. The first-order valence-corrected chi connectivity index (χ1v) is 8.43. The average molecular weight is 277 g/mol. The quantitative estimate of drug-likeness (QED) is 0.838. The summed E-state index contributed by atoms with van der Waals surface area (Å²) in [5.74, 6) is 0.359. The topological polar surface area (TPSA) is 35.6 Å². The van der Waals surface area contributed by atoms with Crippen molar-refractivity contribution in [3.05, 3.63) is 0 Å². The normalized spacial score (nSPS) is 46.4. The third-order valence-electron chi connectivity index (χ3n) is 6.37. The van der Waals surface area contributed by atoms with Gasteiger partial charge in [-0.25, -0.2) is 0 Å². The zero-order valence-corrected chi connectivity index (χ0v) is 12.5. The maximum Gasteiger partial charge on any atom is 0.227 e. The van der Waals surface area contributed by atoms with E-state index in [2.05, 4.69) is 15.1 Å². The number of nitrogens with one attached hydrogen (secondary N) is 1. The molecular weight excluding hydrogens is 250 g/mol. The van der Waals surface area contributed by atoms with Crippen LogP contribution in [0.15, 0.2) is 0 Å². The Labute approximate surface area is 121 Å². The molecular formula is C16H27N3O. The van der Waals surface area contributed by atoms with E-state index in [0.717, 1.165) is 32.5 Å². The Balaban J connectivity index is 1.38. The molecule has 0 saturated carbocycles.